The molecule has 0 heterocycles. The molecular weight excluding hydrogens is 357 g/mol. The van der Waals surface area contributed by atoms with Crippen molar-refractivity contribution < 1.29 is 40.4 Å². The number of phosphoric ester groups is 2. The Kier molecular flexibility index (Phi) is 10.1. The van der Waals surface area contributed by atoms with Crippen molar-refractivity contribution in [3.8, 4) is 0 Å². The molecule has 0 aromatic rings. The average Bonchev–Trinajstić information content (AvgIpc) is 2.43. The number of rotatable bonds is 14. The fourth-order valence-electron chi connectivity index (χ4n) is 0.795. The molecule has 0 spiro atoms. The predicted molar refractivity (Wildman–Crippen MR) is 79.9 cm³/mol. The number of hydrogen-bond donors (Lipinski definition) is 0. The molecule has 0 aromatic heterocycles. The number of phosphoric acid groups is 2. The highest BCUT2D eigenvalue weighted by molar-refractivity contribution is 7.62. The van der Waals surface area contributed by atoms with Crippen LogP contribution >= 0.6 is 23.9 Å². The summed E-state index contributed by atoms with van der Waals surface area (Å²) in [6, 6.07) is 0. The van der Waals surface area contributed by atoms with Crippen LogP contribution in [0.25, 0.3) is 0 Å². The maximum absolute atomic E-state index is 12.0. The van der Waals surface area contributed by atoms with Gasteiger partial charge in [0.15, 0.2) is 0 Å². The highest BCUT2D eigenvalue weighted by Gasteiger charge is 2.48. The summed E-state index contributed by atoms with van der Waals surface area (Å²) in [6.45, 7) is 12.5. The summed E-state index contributed by atoms with van der Waals surface area (Å²) in [5, 5.41) is 0. The molecule has 12 heteroatoms. The molecule has 2 atom stereocenters. The van der Waals surface area contributed by atoms with Gasteiger partial charge >= 0.3 is 23.9 Å². The Morgan fingerprint density at radius 2 is 1.18 bits per heavy atom. The standard InChI is InChI=1S/C10H16O9P3/c1-5-9-16-21(12,14-7-3)18-20(11)19-22(13,15-8-4)17-10-6-2/h5-8H,1-4,9-10H2/q+1. The molecule has 0 aliphatic heterocycles. The molecule has 0 N–H and O–H groups in total. The van der Waals surface area contributed by atoms with Gasteiger partial charge in [-0.05, 0) is 0 Å². The molecule has 0 aliphatic carbocycles. The van der Waals surface area contributed by atoms with Crippen molar-refractivity contribution in [3.05, 3.63) is 51.0 Å². The number of hydrogen-bond acceptors (Lipinski definition) is 9. The SMILES string of the molecule is C=CCOP(=O)(OC=C)O[P+](=O)OP(=O)(OC=C)OCC=C. The van der Waals surface area contributed by atoms with Gasteiger partial charge in [0.2, 0.25) is 0 Å². The Bertz CT molecular complexity index is 472. The van der Waals surface area contributed by atoms with Gasteiger partial charge in [0, 0.05) is 13.2 Å². The van der Waals surface area contributed by atoms with Crippen molar-refractivity contribution in [2.45, 2.75) is 0 Å². The Labute approximate surface area is 129 Å². The molecular formula is C10H16O9P3+. The van der Waals surface area contributed by atoms with Crippen molar-refractivity contribution in [2.24, 2.45) is 0 Å². The van der Waals surface area contributed by atoms with Gasteiger partial charge in [0.25, 0.3) is 0 Å². The fraction of sp³-hybridized carbons (Fsp3) is 0.200. The first-order valence-corrected chi connectivity index (χ1v) is 9.52. The monoisotopic (exact) mass is 373 g/mol. The van der Waals surface area contributed by atoms with Crippen LogP contribution in [-0.2, 0) is 40.4 Å². The Morgan fingerprint density at radius 3 is 1.45 bits per heavy atom. The molecule has 9 nitrogen and oxygen atoms in total. The van der Waals surface area contributed by atoms with Crippen molar-refractivity contribution >= 4 is 23.9 Å². The lowest BCUT2D eigenvalue weighted by molar-refractivity contribution is 0.190. The molecule has 0 aliphatic rings. The van der Waals surface area contributed by atoms with E-state index in [9.17, 15) is 13.7 Å². The second-order valence-electron chi connectivity index (χ2n) is 2.99. The largest absolute Gasteiger partial charge is 0.720 e. The third-order valence-electron chi connectivity index (χ3n) is 1.44. The minimum absolute atomic E-state index is 0.234. The van der Waals surface area contributed by atoms with Gasteiger partial charge in [-0.25, -0.2) is 9.13 Å². The van der Waals surface area contributed by atoms with Gasteiger partial charge in [-0.2, -0.15) is 0 Å². The summed E-state index contributed by atoms with van der Waals surface area (Å²) in [5.41, 5.74) is 0. The van der Waals surface area contributed by atoms with Gasteiger partial charge < -0.3 is 9.05 Å². The molecule has 2 unspecified atom stereocenters. The first-order chi connectivity index (χ1) is 10.3. The summed E-state index contributed by atoms with van der Waals surface area (Å²) >= 11 is 0. The maximum Gasteiger partial charge on any atom is 0.720 e. The third kappa shape index (κ3) is 8.41. The molecule has 0 rings (SSSR count). The van der Waals surface area contributed by atoms with E-state index in [1.165, 1.54) is 12.2 Å². The van der Waals surface area contributed by atoms with Crippen LogP contribution in [-0.4, -0.2) is 13.2 Å². The van der Waals surface area contributed by atoms with E-state index in [1.54, 1.807) is 0 Å². The van der Waals surface area contributed by atoms with Crippen LogP contribution in [0, 0.1) is 0 Å². The Hall–Kier alpha value is -1.04. The Balaban J connectivity index is 4.90. The van der Waals surface area contributed by atoms with E-state index in [1.807, 2.05) is 0 Å². The smallest absolute Gasteiger partial charge is 0.410 e. The van der Waals surface area contributed by atoms with Crippen molar-refractivity contribution in [1.29, 1.82) is 0 Å². The first-order valence-electron chi connectivity index (χ1n) is 5.51. The minimum atomic E-state index is -4.30. The lowest BCUT2D eigenvalue weighted by atomic mass is 10.7. The molecule has 124 valence electrons. The highest BCUT2D eigenvalue weighted by Crippen LogP contribution is 2.64. The highest BCUT2D eigenvalue weighted by atomic mass is 31.3. The average molecular weight is 373 g/mol. The van der Waals surface area contributed by atoms with Gasteiger partial charge in [0.1, 0.15) is 0 Å². The molecule has 0 saturated carbocycles. The van der Waals surface area contributed by atoms with E-state index in [2.05, 4.69) is 44.0 Å². The molecule has 0 saturated heterocycles. The zero-order valence-corrected chi connectivity index (χ0v) is 14.3. The summed E-state index contributed by atoms with van der Waals surface area (Å²) in [5.74, 6) is 0. The van der Waals surface area contributed by atoms with Crippen molar-refractivity contribution in [2.75, 3.05) is 13.2 Å². The Morgan fingerprint density at radius 1 is 0.818 bits per heavy atom. The van der Waals surface area contributed by atoms with Crippen LogP contribution in [0.5, 0.6) is 0 Å². The van der Waals surface area contributed by atoms with Gasteiger partial charge in [-0.1, -0.05) is 25.3 Å². The third-order valence-corrected chi connectivity index (χ3v) is 5.85. The van der Waals surface area contributed by atoms with Crippen molar-refractivity contribution in [1.82, 2.24) is 0 Å². The second-order valence-corrected chi connectivity index (χ2v) is 7.47. The van der Waals surface area contributed by atoms with E-state index >= 15 is 0 Å². The first kappa shape index (κ1) is 21.0. The minimum Gasteiger partial charge on any atom is -0.410 e. The molecule has 0 fully saturated rings. The summed E-state index contributed by atoms with van der Waals surface area (Å²) < 4.78 is 63.0. The predicted octanol–water partition coefficient (Wildman–Crippen LogP) is 4.62. The van der Waals surface area contributed by atoms with Crippen LogP contribution in [0.2, 0.25) is 0 Å². The quantitative estimate of drug-likeness (QED) is 0.245. The molecule has 0 bridgehead atoms. The molecule has 0 radical (unpaired) electrons. The fourth-order valence-corrected chi connectivity index (χ4v) is 4.24. The zero-order chi connectivity index (χ0) is 17.1. The zero-order valence-electron chi connectivity index (χ0n) is 11.6. The molecule has 22 heavy (non-hydrogen) atoms. The second kappa shape index (κ2) is 10.6. The lowest BCUT2D eigenvalue weighted by Gasteiger charge is -2.10. The van der Waals surface area contributed by atoms with Crippen LogP contribution in [0.1, 0.15) is 0 Å². The summed E-state index contributed by atoms with van der Waals surface area (Å²) in [4.78, 5) is 0. The van der Waals surface area contributed by atoms with Gasteiger partial charge in [-0.3, -0.25) is 9.05 Å². The van der Waals surface area contributed by atoms with Crippen LogP contribution in [0.4, 0.5) is 0 Å². The summed E-state index contributed by atoms with van der Waals surface area (Å²) in [6.07, 6.45) is 3.99. The van der Waals surface area contributed by atoms with E-state index in [4.69, 9.17) is 9.05 Å². The van der Waals surface area contributed by atoms with E-state index in [-0.39, 0.29) is 13.2 Å². The topological polar surface area (TPSA) is 107 Å². The van der Waals surface area contributed by atoms with E-state index in [0.717, 1.165) is 12.5 Å². The van der Waals surface area contributed by atoms with Gasteiger partial charge in [-0.15, -0.1) is 13.2 Å². The van der Waals surface area contributed by atoms with E-state index in [0.29, 0.717) is 0 Å². The van der Waals surface area contributed by atoms with Gasteiger partial charge in [0.05, 0.1) is 25.7 Å². The maximum atomic E-state index is 12.0. The van der Waals surface area contributed by atoms with Crippen LogP contribution in [0.15, 0.2) is 51.0 Å². The van der Waals surface area contributed by atoms with Crippen LogP contribution in [0.3, 0.4) is 0 Å². The molecule has 0 amide bonds. The van der Waals surface area contributed by atoms with E-state index < -0.39 is 23.9 Å². The summed E-state index contributed by atoms with van der Waals surface area (Å²) in [7, 11) is -11.9. The van der Waals surface area contributed by atoms with Crippen molar-refractivity contribution in [3.63, 3.8) is 0 Å². The van der Waals surface area contributed by atoms with Crippen LogP contribution < -0.4 is 0 Å². The molecule has 0 aromatic carbocycles. The normalized spacial score (nSPS) is 16.5. The lowest BCUT2D eigenvalue weighted by Crippen LogP contribution is -1.96.